The fraction of sp³-hybridized carbons (Fsp3) is 0.700. The van der Waals surface area contributed by atoms with E-state index in [4.69, 9.17) is 0 Å². The SMILES string of the molecule is CC(C)CCN1C(=O)CCC2CN(C(=O)CCc3ccc(=O)[nH]n3)CCC21. The second-order valence-electron chi connectivity index (χ2n) is 8.18. The lowest BCUT2D eigenvalue weighted by Gasteiger charge is -2.47. The molecular formula is C20H30N4O3. The van der Waals surface area contributed by atoms with Crippen LogP contribution in [0.15, 0.2) is 16.9 Å². The number of aromatic amines is 1. The van der Waals surface area contributed by atoms with E-state index in [2.05, 4.69) is 28.9 Å². The highest BCUT2D eigenvalue weighted by molar-refractivity contribution is 5.78. The Morgan fingerprint density at radius 1 is 1.30 bits per heavy atom. The first kappa shape index (κ1) is 19.6. The molecule has 1 aromatic rings. The second-order valence-corrected chi connectivity index (χ2v) is 8.18. The first-order chi connectivity index (χ1) is 12.9. The standard InChI is InChI=1S/C20H30N4O3/c1-14(2)9-12-24-17-10-11-23(13-15(17)3-7-20(24)27)19(26)8-5-16-4-6-18(25)22-21-16/h4,6,14-15,17H,3,5,7-13H2,1-2H3,(H,22,25). The van der Waals surface area contributed by atoms with Gasteiger partial charge in [0.05, 0.1) is 5.69 Å². The summed E-state index contributed by atoms with van der Waals surface area (Å²) < 4.78 is 0. The predicted molar refractivity (Wildman–Crippen MR) is 102 cm³/mol. The van der Waals surface area contributed by atoms with Crippen LogP contribution < -0.4 is 5.56 Å². The molecule has 0 saturated carbocycles. The molecule has 2 atom stereocenters. The number of hydrogen-bond donors (Lipinski definition) is 1. The van der Waals surface area contributed by atoms with Crippen molar-refractivity contribution in [3.63, 3.8) is 0 Å². The molecule has 7 nitrogen and oxygen atoms in total. The number of piperidine rings is 2. The lowest BCUT2D eigenvalue weighted by molar-refractivity contribution is -0.144. The average Bonchev–Trinajstić information content (AvgIpc) is 2.66. The topological polar surface area (TPSA) is 86.4 Å². The molecule has 1 aromatic heterocycles. The van der Waals surface area contributed by atoms with Gasteiger partial charge in [-0.2, -0.15) is 5.10 Å². The van der Waals surface area contributed by atoms with Gasteiger partial charge in [0.15, 0.2) is 0 Å². The molecule has 0 radical (unpaired) electrons. The molecule has 27 heavy (non-hydrogen) atoms. The van der Waals surface area contributed by atoms with E-state index in [9.17, 15) is 14.4 Å². The maximum atomic E-state index is 12.6. The van der Waals surface area contributed by atoms with Gasteiger partial charge in [-0.1, -0.05) is 13.8 Å². The molecule has 0 bridgehead atoms. The Hall–Kier alpha value is -2.18. The molecule has 2 unspecified atom stereocenters. The number of H-pyrrole nitrogens is 1. The van der Waals surface area contributed by atoms with E-state index >= 15 is 0 Å². The average molecular weight is 374 g/mol. The number of aryl methyl sites for hydroxylation is 1. The summed E-state index contributed by atoms with van der Waals surface area (Å²) in [5.74, 6) is 1.38. The van der Waals surface area contributed by atoms with Gasteiger partial charge in [0, 0.05) is 51.0 Å². The number of carbonyl (C=O) groups excluding carboxylic acids is 2. The lowest BCUT2D eigenvalue weighted by Crippen LogP contribution is -2.57. The molecule has 0 aromatic carbocycles. The molecule has 2 saturated heterocycles. The second kappa shape index (κ2) is 8.67. The first-order valence-corrected chi connectivity index (χ1v) is 10.1. The molecule has 0 aliphatic carbocycles. The highest BCUT2D eigenvalue weighted by atomic mass is 16.2. The van der Waals surface area contributed by atoms with Crippen molar-refractivity contribution >= 4 is 11.8 Å². The monoisotopic (exact) mass is 374 g/mol. The molecule has 148 valence electrons. The summed E-state index contributed by atoms with van der Waals surface area (Å²) in [5, 5.41) is 6.36. The normalized spacial score (nSPS) is 22.9. The number of likely N-dealkylation sites (tertiary alicyclic amines) is 2. The van der Waals surface area contributed by atoms with Crippen molar-refractivity contribution in [2.24, 2.45) is 11.8 Å². The van der Waals surface area contributed by atoms with Crippen LogP contribution >= 0.6 is 0 Å². The molecule has 2 amide bonds. The van der Waals surface area contributed by atoms with Crippen molar-refractivity contribution in [1.82, 2.24) is 20.0 Å². The molecular weight excluding hydrogens is 344 g/mol. The number of fused-ring (bicyclic) bond motifs is 1. The summed E-state index contributed by atoms with van der Waals surface area (Å²) in [5.41, 5.74) is 0.488. The Kier molecular flexibility index (Phi) is 6.29. The number of nitrogens with zero attached hydrogens (tertiary/aromatic N) is 3. The van der Waals surface area contributed by atoms with Crippen molar-refractivity contribution in [2.45, 2.75) is 58.4 Å². The van der Waals surface area contributed by atoms with Gasteiger partial charge in [0.1, 0.15) is 0 Å². The third kappa shape index (κ3) is 4.96. The zero-order valence-electron chi connectivity index (χ0n) is 16.3. The maximum absolute atomic E-state index is 12.6. The van der Waals surface area contributed by atoms with E-state index in [1.165, 1.54) is 6.07 Å². The molecule has 2 aliphatic heterocycles. The van der Waals surface area contributed by atoms with Crippen molar-refractivity contribution in [2.75, 3.05) is 19.6 Å². The van der Waals surface area contributed by atoms with Gasteiger partial charge in [-0.3, -0.25) is 14.4 Å². The summed E-state index contributed by atoms with van der Waals surface area (Å²) in [6.07, 6.45) is 4.31. The van der Waals surface area contributed by atoms with E-state index in [1.54, 1.807) is 6.07 Å². The molecule has 3 rings (SSSR count). The van der Waals surface area contributed by atoms with Gasteiger partial charge < -0.3 is 9.80 Å². The Balaban J connectivity index is 1.54. The maximum Gasteiger partial charge on any atom is 0.264 e. The van der Waals surface area contributed by atoms with E-state index in [-0.39, 0.29) is 23.4 Å². The fourth-order valence-electron chi connectivity index (χ4n) is 4.17. The number of nitrogens with one attached hydrogen (secondary N) is 1. The Morgan fingerprint density at radius 2 is 2.11 bits per heavy atom. The molecule has 0 spiro atoms. The van der Waals surface area contributed by atoms with Gasteiger partial charge in [-0.25, -0.2) is 5.10 Å². The number of carbonyl (C=O) groups is 2. The molecule has 2 fully saturated rings. The number of aromatic nitrogens is 2. The zero-order chi connectivity index (χ0) is 19.4. The third-order valence-corrected chi connectivity index (χ3v) is 5.78. The van der Waals surface area contributed by atoms with Crippen LogP contribution in [0.25, 0.3) is 0 Å². The Labute approximate surface area is 160 Å². The minimum absolute atomic E-state index is 0.132. The van der Waals surface area contributed by atoms with Crippen LogP contribution in [0.5, 0.6) is 0 Å². The van der Waals surface area contributed by atoms with Crippen LogP contribution in [-0.4, -0.2) is 57.5 Å². The minimum atomic E-state index is -0.235. The number of hydrogen-bond acceptors (Lipinski definition) is 4. The quantitative estimate of drug-likeness (QED) is 0.819. The Morgan fingerprint density at radius 3 is 2.81 bits per heavy atom. The molecule has 2 aliphatic rings. The third-order valence-electron chi connectivity index (χ3n) is 5.78. The van der Waals surface area contributed by atoms with Crippen LogP contribution in [0.1, 0.15) is 51.6 Å². The van der Waals surface area contributed by atoms with Crippen LogP contribution in [0.4, 0.5) is 0 Å². The smallest absolute Gasteiger partial charge is 0.264 e. The molecule has 1 N–H and O–H groups in total. The van der Waals surface area contributed by atoms with Gasteiger partial charge in [0.2, 0.25) is 11.8 Å². The van der Waals surface area contributed by atoms with Crippen molar-refractivity contribution in [3.8, 4) is 0 Å². The minimum Gasteiger partial charge on any atom is -0.342 e. The van der Waals surface area contributed by atoms with Gasteiger partial charge in [0.25, 0.3) is 5.56 Å². The van der Waals surface area contributed by atoms with Gasteiger partial charge in [-0.05, 0) is 37.2 Å². The van der Waals surface area contributed by atoms with Crippen molar-refractivity contribution < 1.29 is 9.59 Å². The van der Waals surface area contributed by atoms with Crippen LogP contribution in [0, 0.1) is 11.8 Å². The van der Waals surface area contributed by atoms with E-state index in [0.29, 0.717) is 37.6 Å². The molecule has 3 heterocycles. The summed E-state index contributed by atoms with van der Waals surface area (Å²) in [4.78, 5) is 40.1. The van der Waals surface area contributed by atoms with Crippen LogP contribution in [-0.2, 0) is 16.0 Å². The van der Waals surface area contributed by atoms with Crippen LogP contribution in [0.3, 0.4) is 0 Å². The Bertz CT molecular complexity index is 710. The summed E-state index contributed by atoms with van der Waals surface area (Å²) >= 11 is 0. The summed E-state index contributed by atoms with van der Waals surface area (Å²) in [6, 6.07) is 3.38. The van der Waals surface area contributed by atoms with Crippen molar-refractivity contribution in [3.05, 3.63) is 28.2 Å². The highest BCUT2D eigenvalue weighted by Crippen LogP contribution is 2.32. The zero-order valence-corrected chi connectivity index (χ0v) is 16.3. The first-order valence-electron chi connectivity index (χ1n) is 10.1. The largest absolute Gasteiger partial charge is 0.342 e. The van der Waals surface area contributed by atoms with E-state index in [1.807, 2.05) is 4.90 Å². The number of rotatable bonds is 6. The van der Waals surface area contributed by atoms with Crippen molar-refractivity contribution in [1.29, 1.82) is 0 Å². The van der Waals surface area contributed by atoms with Crippen LogP contribution in [0.2, 0.25) is 0 Å². The summed E-state index contributed by atoms with van der Waals surface area (Å²) in [6.45, 7) is 6.66. The molecule has 7 heteroatoms. The van der Waals surface area contributed by atoms with Gasteiger partial charge >= 0.3 is 0 Å². The lowest BCUT2D eigenvalue weighted by atomic mass is 9.83. The summed E-state index contributed by atoms with van der Waals surface area (Å²) in [7, 11) is 0. The van der Waals surface area contributed by atoms with Gasteiger partial charge in [-0.15, -0.1) is 0 Å². The number of amides is 2. The highest BCUT2D eigenvalue weighted by Gasteiger charge is 2.39. The van der Waals surface area contributed by atoms with E-state index < -0.39 is 0 Å². The predicted octanol–water partition coefficient (Wildman–Crippen LogP) is 1.59. The van der Waals surface area contributed by atoms with E-state index in [0.717, 1.165) is 38.0 Å². The fourth-order valence-corrected chi connectivity index (χ4v) is 4.17.